The first-order valence-corrected chi connectivity index (χ1v) is 8.45. The maximum Gasteiger partial charge on any atom is 0.315 e. The van der Waals surface area contributed by atoms with Crippen molar-refractivity contribution >= 4 is 5.97 Å². The molecule has 5 heterocycles. The molecule has 1 N–H and O–H groups in total. The standard InChI is InChI=1S/C16H19N5O4/c1-2-24-13(22)15-6-14(7-15,25-16(15)9-23-10-16)8-21-5-12(19-20-21)11-3-17-18-4-11/h3-5H,2,6-10H2,1H3,(H,17,18). The number of hydrogen-bond acceptors (Lipinski definition) is 7. The van der Waals surface area contributed by atoms with Crippen molar-refractivity contribution in [3.8, 4) is 11.3 Å². The summed E-state index contributed by atoms with van der Waals surface area (Å²) >= 11 is 0. The summed E-state index contributed by atoms with van der Waals surface area (Å²) in [5.74, 6) is -0.163. The normalized spacial score (nSPS) is 31.6. The molecule has 0 aromatic carbocycles. The van der Waals surface area contributed by atoms with Crippen molar-refractivity contribution in [3.63, 3.8) is 0 Å². The number of carbonyl (C=O) groups is 1. The van der Waals surface area contributed by atoms with Crippen LogP contribution in [0.15, 0.2) is 18.6 Å². The molecule has 1 spiro atoms. The third-order valence-electron chi connectivity index (χ3n) is 5.65. The highest BCUT2D eigenvalue weighted by molar-refractivity contribution is 5.82. The number of nitrogens with one attached hydrogen (secondary N) is 1. The highest BCUT2D eigenvalue weighted by atomic mass is 16.6. The van der Waals surface area contributed by atoms with Crippen molar-refractivity contribution in [2.45, 2.75) is 37.5 Å². The smallest absolute Gasteiger partial charge is 0.315 e. The van der Waals surface area contributed by atoms with Crippen LogP contribution in [0.25, 0.3) is 11.3 Å². The van der Waals surface area contributed by atoms with Crippen molar-refractivity contribution < 1.29 is 19.0 Å². The van der Waals surface area contributed by atoms with E-state index in [9.17, 15) is 4.79 Å². The van der Waals surface area contributed by atoms with E-state index in [2.05, 4.69) is 20.5 Å². The summed E-state index contributed by atoms with van der Waals surface area (Å²) in [5, 5.41) is 15.1. The Morgan fingerprint density at radius 3 is 2.92 bits per heavy atom. The summed E-state index contributed by atoms with van der Waals surface area (Å²) in [5.41, 5.74) is 0.121. The third-order valence-corrected chi connectivity index (χ3v) is 5.65. The number of H-pyrrole nitrogens is 1. The van der Waals surface area contributed by atoms with Gasteiger partial charge in [0, 0.05) is 11.8 Å². The van der Waals surface area contributed by atoms with Gasteiger partial charge < -0.3 is 14.2 Å². The van der Waals surface area contributed by atoms with E-state index in [-0.39, 0.29) is 5.97 Å². The fraction of sp³-hybridized carbons (Fsp3) is 0.625. The molecular weight excluding hydrogens is 326 g/mol. The van der Waals surface area contributed by atoms with Gasteiger partial charge in [-0.25, -0.2) is 4.68 Å². The molecule has 2 bridgehead atoms. The lowest BCUT2D eigenvalue weighted by molar-refractivity contribution is -0.222. The Hall–Kier alpha value is -2.26. The topological polar surface area (TPSA) is 104 Å². The molecule has 0 radical (unpaired) electrons. The predicted molar refractivity (Wildman–Crippen MR) is 83.3 cm³/mol. The van der Waals surface area contributed by atoms with E-state index in [4.69, 9.17) is 14.2 Å². The van der Waals surface area contributed by atoms with E-state index < -0.39 is 16.6 Å². The largest absolute Gasteiger partial charge is 0.465 e. The number of nitrogens with zero attached hydrogens (tertiary/aromatic N) is 4. The molecule has 1 aliphatic carbocycles. The zero-order valence-corrected chi connectivity index (χ0v) is 13.9. The van der Waals surface area contributed by atoms with Crippen LogP contribution in [0.4, 0.5) is 0 Å². The Balaban J connectivity index is 1.37. The number of aromatic nitrogens is 5. The minimum Gasteiger partial charge on any atom is -0.465 e. The van der Waals surface area contributed by atoms with Crippen molar-refractivity contribution in [1.29, 1.82) is 0 Å². The minimum absolute atomic E-state index is 0.163. The maximum atomic E-state index is 12.6. The highest BCUT2D eigenvalue weighted by Crippen LogP contribution is 2.69. The summed E-state index contributed by atoms with van der Waals surface area (Å²) in [6.07, 6.45) is 6.63. The second kappa shape index (κ2) is 4.89. The van der Waals surface area contributed by atoms with Gasteiger partial charge >= 0.3 is 5.97 Å². The van der Waals surface area contributed by atoms with E-state index in [1.807, 2.05) is 13.1 Å². The Morgan fingerprint density at radius 1 is 1.44 bits per heavy atom. The van der Waals surface area contributed by atoms with Crippen molar-refractivity contribution in [2.75, 3.05) is 19.8 Å². The second-order valence-electron chi connectivity index (χ2n) is 7.22. The molecule has 2 aromatic rings. The van der Waals surface area contributed by atoms with Crippen LogP contribution in [0, 0.1) is 5.41 Å². The van der Waals surface area contributed by atoms with Gasteiger partial charge in [-0.1, -0.05) is 5.21 Å². The molecular formula is C16H19N5O4. The molecule has 9 nitrogen and oxygen atoms in total. The third kappa shape index (κ3) is 1.90. The Morgan fingerprint density at radius 2 is 2.28 bits per heavy atom. The number of carbonyl (C=O) groups excluding carboxylic acids is 1. The lowest BCUT2D eigenvalue weighted by atomic mass is 9.55. The van der Waals surface area contributed by atoms with Gasteiger partial charge in [0.2, 0.25) is 0 Å². The molecule has 4 fully saturated rings. The molecule has 2 aromatic heterocycles. The quantitative estimate of drug-likeness (QED) is 0.789. The summed E-state index contributed by atoms with van der Waals surface area (Å²) < 4.78 is 18.9. The first-order chi connectivity index (χ1) is 12.1. The lowest BCUT2D eigenvalue weighted by Gasteiger charge is -2.48. The summed E-state index contributed by atoms with van der Waals surface area (Å²) in [7, 11) is 0. The Labute approximate surface area is 143 Å². The average molecular weight is 345 g/mol. The number of rotatable bonds is 5. The van der Waals surface area contributed by atoms with Gasteiger partial charge in [0.05, 0.1) is 44.4 Å². The second-order valence-corrected chi connectivity index (χ2v) is 7.22. The number of hydrogen-bond donors (Lipinski definition) is 1. The molecule has 6 rings (SSSR count). The number of ether oxygens (including phenoxy) is 3. The maximum absolute atomic E-state index is 12.6. The first kappa shape index (κ1) is 15.0. The van der Waals surface area contributed by atoms with Crippen LogP contribution in [0.5, 0.6) is 0 Å². The van der Waals surface area contributed by atoms with Crippen LogP contribution in [0.1, 0.15) is 19.8 Å². The molecule has 0 unspecified atom stereocenters. The van der Waals surface area contributed by atoms with Crippen molar-refractivity contribution in [3.05, 3.63) is 18.6 Å². The van der Waals surface area contributed by atoms with Gasteiger partial charge in [-0.15, -0.1) is 5.10 Å². The minimum atomic E-state index is -0.574. The fourth-order valence-corrected chi connectivity index (χ4v) is 4.52. The monoisotopic (exact) mass is 345 g/mol. The van der Waals surface area contributed by atoms with Crippen LogP contribution in [-0.2, 0) is 25.5 Å². The van der Waals surface area contributed by atoms with E-state index in [0.717, 1.165) is 11.3 Å². The molecule has 9 heteroatoms. The Bertz CT molecular complexity index is 804. The van der Waals surface area contributed by atoms with E-state index >= 15 is 0 Å². The van der Waals surface area contributed by atoms with Gasteiger partial charge in [-0.05, 0) is 19.8 Å². The van der Waals surface area contributed by atoms with Crippen LogP contribution in [-0.4, -0.2) is 62.2 Å². The van der Waals surface area contributed by atoms with Crippen molar-refractivity contribution in [2.24, 2.45) is 5.41 Å². The zero-order valence-electron chi connectivity index (χ0n) is 13.9. The van der Waals surface area contributed by atoms with E-state index in [1.165, 1.54) is 0 Å². The predicted octanol–water partition coefficient (Wildman–Crippen LogP) is 0.549. The fourth-order valence-electron chi connectivity index (χ4n) is 4.52. The molecule has 132 valence electrons. The average Bonchev–Trinajstić information content (AvgIpc) is 3.26. The van der Waals surface area contributed by atoms with Crippen LogP contribution in [0.3, 0.4) is 0 Å². The van der Waals surface area contributed by atoms with Gasteiger partial charge in [-0.3, -0.25) is 9.89 Å². The van der Waals surface area contributed by atoms with Gasteiger partial charge in [0.25, 0.3) is 0 Å². The highest BCUT2D eigenvalue weighted by Gasteiger charge is 2.81. The van der Waals surface area contributed by atoms with Crippen LogP contribution < -0.4 is 0 Å². The summed E-state index contributed by atoms with van der Waals surface area (Å²) in [6, 6.07) is 0. The lowest BCUT2D eigenvalue weighted by Crippen LogP contribution is -2.63. The molecule has 1 saturated carbocycles. The van der Waals surface area contributed by atoms with E-state index in [0.29, 0.717) is 39.2 Å². The SMILES string of the molecule is CCOC(=O)C12CC(Cn3cc(-c4cn[nH]c4)nn3)(C1)OC21COC1. The Kier molecular flexibility index (Phi) is 2.94. The molecule has 4 aliphatic rings. The van der Waals surface area contributed by atoms with Gasteiger partial charge in [0.1, 0.15) is 16.7 Å². The first-order valence-electron chi connectivity index (χ1n) is 8.45. The van der Waals surface area contributed by atoms with Crippen LogP contribution >= 0.6 is 0 Å². The molecule has 25 heavy (non-hydrogen) atoms. The molecule has 3 aliphatic heterocycles. The van der Waals surface area contributed by atoms with E-state index in [1.54, 1.807) is 17.1 Å². The summed E-state index contributed by atoms with van der Waals surface area (Å²) in [4.78, 5) is 12.6. The van der Waals surface area contributed by atoms with Crippen molar-refractivity contribution in [1.82, 2.24) is 25.2 Å². The zero-order chi connectivity index (χ0) is 17.1. The van der Waals surface area contributed by atoms with Crippen LogP contribution in [0.2, 0.25) is 0 Å². The number of esters is 1. The molecule has 0 amide bonds. The summed E-state index contributed by atoms with van der Waals surface area (Å²) in [6.45, 7) is 3.66. The van der Waals surface area contributed by atoms with Gasteiger partial charge in [0.15, 0.2) is 0 Å². The molecule has 3 saturated heterocycles. The number of aromatic amines is 1. The molecule has 0 atom stereocenters. The van der Waals surface area contributed by atoms with Gasteiger partial charge in [-0.2, -0.15) is 5.10 Å².